The number of ether oxygens (including phenoxy) is 2. The molecule has 0 aliphatic carbocycles. The summed E-state index contributed by atoms with van der Waals surface area (Å²) in [4.78, 5) is 28.8. The van der Waals surface area contributed by atoms with Crippen LogP contribution in [0.1, 0.15) is 19.4 Å². The van der Waals surface area contributed by atoms with E-state index in [1.54, 1.807) is 13.8 Å². The first-order valence-electron chi connectivity index (χ1n) is 7.65. The van der Waals surface area contributed by atoms with Crippen LogP contribution in [0.15, 0.2) is 52.7 Å². The maximum atomic E-state index is 12.3. The van der Waals surface area contributed by atoms with E-state index in [4.69, 9.17) is 9.47 Å². The number of carbonyl (C=O) groups is 2. The predicted octanol–water partition coefficient (Wildman–Crippen LogP) is 3.03. The third-order valence-corrected chi connectivity index (χ3v) is 4.03. The Labute approximate surface area is 141 Å². The summed E-state index contributed by atoms with van der Waals surface area (Å²) in [6, 6.07) is 9.67. The number of hydrogen-bond acceptors (Lipinski definition) is 5. The van der Waals surface area contributed by atoms with Gasteiger partial charge in [0.25, 0.3) is 0 Å². The zero-order chi connectivity index (χ0) is 17.7. The van der Waals surface area contributed by atoms with Gasteiger partial charge in [-0.15, -0.1) is 0 Å². The summed E-state index contributed by atoms with van der Waals surface area (Å²) in [7, 11) is 2.65. The van der Waals surface area contributed by atoms with Crippen LogP contribution in [-0.4, -0.2) is 31.9 Å². The van der Waals surface area contributed by atoms with Crippen LogP contribution in [0.25, 0.3) is 6.08 Å². The van der Waals surface area contributed by atoms with E-state index >= 15 is 0 Å². The number of aliphatic imine (C=N–C) groups is 1. The molecule has 2 rings (SSSR count). The number of methoxy groups -OCH3 is 2. The van der Waals surface area contributed by atoms with Gasteiger partial charge in [-0.25, -0.2) is 4.79 Å². The fourth-order valence-corrected chi connectivity index (χ4v) is 2.89. The van der Waals surface area contributed by atoms with E-state index in [-0.39, 0.29) is 0 Å². The van der Waals surface area contributed by atoms with Gasteiger partial charge in [0.2, 0.25) is 0 Å². The Kier molecular flexibility index (Phi) is 5.68. The molecule has 1 aliphatic rings. The first-order chi connectivity index (χ1) is 11.5. The van der Waals surface area contributed by atoms with Crippen molar-refractivity contribution in [1.82, 2.24) is 0 Å². The number of rotatable bonds is 4. The van der Waals surface area contributed by atoms with Gasteiger partial charge in [-0.2, -0.15) is 0 Å². The first kappa shape index (κ1) is 17.7. The van der Waals surface area contributed by atoms with Gasteiger partial charge in [0.1, 0.15) is 5.92 Å². The predicted molar refractivity (Wildman–Crippen MR) is 92.3 cm³/mol. The van der Waals surface area contributed by atoms with E-state index in [2.05, 4.69) is 4.99 Å². The van der Waals surface area contributed by atoms with E-state index in [9.17, 15) is 9.59 Å². The molecule has 2 atom stereocenters. The minimum Gasteiger partial charge on any atom is -0.468 e. The summed E-state index contributed by atoms with van der Waals surface area (Å²) in [6.07, 6.45) is 3.72. The van der Waals surface area contributed by atoms with Crippen LogP contribution in [0.2, 0.25) is 0 Å². The summed E-state index contributed by atoms with van der Waals surface area (Å²) in [5.41, 5.74) is 2.53. The maximum absolute atomic E-state index is 12.3. The highest BCUT2D eigenvalue weighted by Gasteiger charge is 2.39. The maximum Gasteiger partial charge on any atom is 0.336 e. The topological polar surface area (TPSA) is 65.0 Å². The fourth-order valence-electron chi connectivity index (χ4n) is 2.89. The standard InChI is InChI=1S/C19H21NO4/c1-12-16(18(21)23-3)15(11-10-14-8-6-5-7-9-14)17(13(2)20-12)19(22)24-4/h5-11,15-16H,1-4H3/b11-10+/t15-,16?/m0/s1. The molecule has 0 radical (unpaired) electrons. The Bertz CT molecular complexity index is 716. The molecule has 0 N–H and O–H groups in total. The van der Waals surface area contributed by atoms with Crippen LogP contribution in [0.3, 0.4) is 0 Å². The van der Waals surface area contributed by atoms with Crippen LogP contribution in [0, 0.1) is 11.8 Å². The second kappa shape index (κ2) is 7.73. The lowest BCUT2D eigenvalue weighted by atomic mass is 9.79. The molecule has 0 fully saturated rings. The quantitative estimate of drug-likeness (QED) is 0.797. The molecular formula is C19H21NO4. The highest BCUT2D eigenvalue weighted by molar-refractivity contribution is 6.06. The van der Waals surface area contributed by atoms with Crippen molar-refractivity contribution < 1.29 is 19.1 Å². The van der Waals surface area contributed by atoms with Crippen molar-refractivity contribution >= 4 is 23.7 Å². The molecule has 1 unspecified atom stereocenters. The molecule has 0 spiro atoms. The van der Waals surface area contributed by atoms with Gasteiger partial charge in [0.15, 0.2) is 0 Å². The Morgan fingerprint density at radius 2 is 1.75 bits per heavy atom. The number of benzene rings is 1. The van der Waals surface area contributed by atoms with Crippen LogP contribution >= 0.6 is 0 Å². The lowest BCUT2D eigenvalue weighted by Crippen LogP contribution is -2.36. The molecule has 5 heteroatoms. The van der Waals surface area contributed by atoms with Crippen molar-refractivity contribution in [3.05, 3.63) is 53.2 Å². The summed E-state index contributed by atoms with van der Waals surface area (Å²) in [6.45, 7) is 3.51. The molecule has 0 aromatic heterocycles. The largest absolute Gasteiger partial charge is 0.468 e. The van der Waals surface area contributed by atoms with E-state index in [1.807, 2.05) is 42.5 Å². The smallest absolute Gasteiger partial charge is 0.336 e. The average Bonchev–Trinajstić information content (AvgIpc) is 2.59. The molecular weight excluding hydrogens is 306 g/mol. The SMILES string of the molecule is COC(=O)C1=C(C)N=C(C)C(C(=O)OC)[C@@H]1/C=C/c1ccccc1. The van der Waals surface area contributed by atoms with Crippen LogP contribution in [-0.2, 0) is 19.1 Å². The highest BCUT2D eigenvalue weighted by Crippen LogP contribution is 2.33. The number of hydrogen-bond donors (Lipinski definition) is 0. The molecule has 126 valence electrons. The Morgan fingerprint density at radius 3 is 2.33 bits per heavy atom. The van der Waals surface area contributed by atoms with Gasteiger partial charge in [0.05, 0.1) is 19.8 Å². The van der Waals surface area contributed by atoms with Crippen LogP contribution < -0.4 is 0 Å². The van der Waals surface area contributed by atoms with Gasteiger partial charge in [-0.05, 0) is 19.4 Å². The van der Waals surface area contributed by atoms with Crippen molar-refractivity contribution in [2.75, 3.05) is 14.2 Å². The zero-order valence-electron chi connectivity index (χ0n) is 14.3. The Morgan fingerprint density at radius 1 is 1.08 bits per heavy atom. The van der Waals surface area contributed by atoms with Gasteiger partial charge in [-0.1, -0.05) is 42.5 Å². The average molecular weight is 327 g/mol. The number of carbonyl (C=O) groups excluding carboxylic acids is 2. The highest BCUT2D eigenvalue weighted by atomic mass is 16.5. The zero-order valence-corrected chi connectivity index (χ0v) is 14.3. The fraction of sp³-hybridized carbons (Fsp3) is 0.316. The third kappa shape index (κ3) is 3.62. The molecule has 0 saturated carbocycles. The normalized spacial score (nSPS) is 20.8. The van der Waals surface area contributed by atoms with E-state index in [0.29, 0.717) is 17.0 Å². The summed E-state index contributed by atoms with van der Waals surface area (Å²) in [5.74, 6) is -2.04. The summed E-state index contributed by atoms with van der Waals surface area (Å²) < 4.78 is 9.80. The van der Waals surface area contributed by atoms with Crippen molar-refractivity contribution in [2.45, 2.75) is 13.8 Å². The second-order valence-electron chi connectivity index (χ2n) is 5.54. The Hall–Kier alpha value is -2.69. The lowest BCUT2D eigenvalue weighted by molar-refractivity contribution is -0.144. The first-order valence-corrected chi connectivity index (χ1v) is 7.65. The minimum atomic E-state index is -0.646. The van der Waals surface area contributed by atoms with Gasteiger partial charge < -0.3 is 9.47 Å². The minimum absolute atomic E-state index is 0.380. The molecule has 1 heterocycles. The number of esters is 2. The van der Waals surface area contributed by atoms with Crippen molar-refractivity contribution in [2.24, 2.45) is 16.8 Å². The molecule has 5 nitrogen and oxygen atoms in total. The van der Waals surface area contributed by atoms with E-state index in [0.717, 1.165) is 5.56 Å². The van der Waals surface area contributed by atoms with Crippen LogP contribution in [0.5, 0.6) is 0 Å². The summed E-state index contributed by atoms with van der Waals surface area (Å²) >= 11 is 0. The molecule has 24 heavy (non-hydrogen) atoms. The molecule has 1 aliphatic heterocycles. The molecule has 0 amide bonds. The lowest BCUT2D eigenvalue weighted by Gasteiger charge is -2.28. The molecule has 0 saturated heterocycles. The summed E-state index contributed by atoms with van der Waals surface area (Å²) in [5, 5.41) is 0. The van der Waals surface area contributed by atoms with E-state index in [1.165, 1.54) is 14.2 Å². The third-order valence-electron chi connectivity index (χ3n) is 4.03. The van der Waals surface area contributed by atoms with Crippen molar-refractivity contribution in [3.8, 4) is 0 Å². The van der Waals surface area contributed by atoms with Crippen molar-refractivity contribution in [1.29, 1.82) is 0 Å². The van der Waals surface area contributed by atoms with E-state index < -0.39 is 23.8 Å². The van der Waals surface area contributed by atoms with Gasteiger partial charge in [0, 0.05) is 17.3 Å². The van der Waals surface area contributed by atoms with Gasteiger partial charge in [-0.3, -0.25) is 9.79 Å². The molecule has 1 aromatic rings. The number of allylic oxidation sites excluding steroid dienone is 2. The van der Waals surface area contributed by atoms with Crippen LogP contribution in [0.4, 0.5) is 0 Å². The van der Waals surface area contributed by atoms with Crippen molar-refractivity contribution in [3.63, 3.8) is 0 Å². The van der Waals surface area contributed by atoms with Gasteiger partial charge >= 0.3 is 11.9 Å². The monoisotopic (exact) mass is 327 g/mol. The second-order valence-corrected chi connectivity index (χ2v) is 5.54. The molecule has 1 aromatic carbocycles. The number of nitrogens with zero attached hydrogens (tertiary/aromatic N) is 1. The molecule has 0 bridgehead atoms. The Balaban J connectivity index is 2.49.